The van der Waals surface area contributed by atoms with E-state index in [1.54, 1.807) is 30.3 Å². The first-order valence-electron chi connectivity index (χ1n) is 8.71. The van der Waals surface area contributed by atoms with Crippen molar-refractivity contribution in [2.24, 2.45) is 10.7 Å². The molecule has 0 spiro atoms. The molecule has 1 amide bonds. The third-order valence-electron chi connectivity index (χ3n) is 4.33. The molecular formula is C22H16N2O4S. The number of aliphatic imine (C=N–C) groups is 1. The Bertz CT molecular complexity index is 1200. The number of amides is 1. The minimum Gasteiger partial charge on any atom is -0.493 e. The molecule has 144 valence electrons. The van der Waals surface area contributed by atoms with Gasteiger partial charge in [-0.25, -0.2) is 4.79 Å². The predicted octanol–water partition coefficient (Wildman–Crippen LogP) is 4.00. The van der Waals surface area contributed by atoms with Gasteiger partial charge in [-0.3, -0.25) is 4.79 Å². The van der Waals surface area contributed by atoms with Gasteiger partial charge < -0.3 is 15.2 Å². The topological polar surface area (TPSA) is 91.0 Å². The van der Waals surface area contributed by atoms with Gasteiger partial charge in [-0.05, 0) is 52.4 Å². The summed E-state index contributed by atoms with van der Waals surface area (Å²) in [5.74, 6) is -0.196. The second-order valence-electron chi connectivity index (χ2n) is 6.19. The lowest BCUT2D eigenvalue weighted by atomic mass is 10.0. The molecular weight excluding hydrogens is 388 g/mol. The third-order valence-corrected chi connectivity index (χ3v) is 5.15. The third kappa shape index (κ3) is 3.86. The summed E-state index contributed by atoms with van der Waals surface area (Å²) in [6.45, 7) is 0. The van der Waals surface area contributed by atoms with Crippen molar-refractivity contribution in [3.8, 4) is 11.5 Å². The fourth-order valence-corrected chi connectivity index (χ4v) is 3.68. The van der Waals surface area contributed by atoms with Crippen LogP contribution in [0.3, 0.4) is 0 Å². The van der Waals surface area contributed by atoms with E-state index in [4.69, 9.17) is 15.2 Å². The Morgan fingerprint density at radius 3 is 2.62 bits per heavy atom. The first-order chi connectivity index (χ1) is 14.0. The van der Waals surface area contributed by atoms with E-state index in [1.165, 1.54) is 7.11 Å². The molecule has 0 unspecified atom stereocenters. The van der Waals surface area contributed by atoms with E-state index in [9.17, 15) is 9.59 Å². The van der Waals surface area contributed by atoms with Crippen LogP contribution in [0.15, 0.2) is 70.6 Å². The first-order valence-corrected chi connectivity index (χ1v) is 9.53. The number of fused-ring (bicyclic) bond motifs is 1. The molecule has 0 atom stereocenters. The van der Waals surface area contributed by atoms with Crippen molar-refractivity contribution in [3.05, 3.63) is 76.7 Å². The molecule has 0 radical (unpaired) electrons. The predicted molar refractivity (Wildman–Crippen MR) is 114 cm³/mol. The van der Waals surface area contributed by atoms with Gasteiger partial charge in [0.15, 0.2) is 16.7 Å². The van der Waals surface area contributed by atoms with Crippen LogP contribution in [0, 0.1) is 0 Å². The highest BCUT2D eigenvalue weighted by molar-refractivity contribution is 8.18. The van der Waals surface area contributed by atoms with Gasteiger partial charge in [0, 0.05) is 0 Å². The van der Waals surface area contributed by atoms with Crippen LogP contribution < -0.4 is 15.2 Å². The number of ether oxygens (including phenoxy) is 2. The second-order valence-corrected chi connectivity index (χ2v) is 7.25. The molecule has 0 bridgehead atoms. The lowest BCUT2D eigenvalue weighted by Crippen LogP contribution is -2.10. The standard InChI is InChI=1S/C22H16N2O4S/c1-27-18-11-13(12-19-20(25)24-22(23)29-19)9-10-17(18)28-21(26)16-8-4-6-14-5-2-3-7-15(14)16/h2-12H,1H3,(H2,23,24,25)/b19-12-. The number of nitrogens with zero attached hydrogens (tertiary/aromatic N) is 1. The van der Waals surface area contributed by atoms with Crippen LogP contribution in [-0.4, -0.2) is 24.2 Å². The molecule has 6 nitrogen and oxygen atoms in total. The number of amidine groups is 1. The van der Waals surface area contributed by atoms with Crippen LogP contribution in [0.25, 0.3) is 16.8 Å². The average Bonchev–Trinajstić information content (AvgIpc) is 3.05. The summed E-state index contributed by atoms with van der Waals surface area (Å²) in [5, 5.41) is 1.99. The van der Waals surface area contributed by atoms with Gasteiger partial charge in [0.05, 0.1) is 17.6 Å². The second kappa shape index (κ2) is 7.81. The van der Waals surface area contributed by atoms with Gasteiger partial charge in [0.1, 0.15) is 0 Å². The molecule has 3 aromatic carbocycles. The van der Waals surface area contributed by atoms with E-state index < -0.39 is 5.97 Å². The fraction of sp³-hybridized carbons (Fsp3) is 0.0455. The summed E-state index contributed by atoms with van der Waals surface area (Å²) >= 11 is 1.11. The largest absolute Gasteiger partial charge is 0.493 e. The molecule has 3 aromatic rings. The monoisotopic (exact) mass is 404 g/mol. The quantitative estimate of drug-likeness (QED) is 0.402. The van der Waals surface area contributed by atoms with Crippen LogP contribution in [0.5, 0.6) is 11.5 Å². The van der Waals surface area contributed by atoms with Crippen molar-refractivity contribution >= 4 is 45.7 Å². The van der Waals surface area contributed by atoms with E-state index in [-0.39, 0.29) is 16.8 Å². The van der Waals surface area contributed by atoms with Gasteiger partial charge >= 0.3 is 5.97 Å². The number of benzene rings is 3. The number of methoxy groups -OCH3 is 1. The van der Waals surface area contributed by atoms with Crippen molar-refractivity contribution in [2.75, 3.05) is 7.11 Å². The van der Waals surface area contributed by atoms with Gasteiger partial charge in [-0.15, -0.1) is 0 Å². The van der Waals surface area contributed by atoms with Gasteiger partial charge in [0.25, 0.3) is 5.91 Å². The Morgan fingerprint density at radius 2 is 1.86 bits per heavy atom. The Hall–Kier alpha value is -3.58. The number of esters is 1. The number of nitrogens with two attached hydrogens (primary N) is 1. The zero-order valence-corrected chi connectivity index (χ0v) is 16.2. The number of hydrogen-bond acceptors (Lipinski definition) is 6. The molecule has 0 aromatic heterocycles. The maximum Gasteiger partial charge on any atom is 0.344 e. The summed E-state index contributed by atoms with van der Waals surface area (Å²) in [4.78, 5) is 28.6. The smallest absolute Gasteiger partial charge is 0.344 e. The Labute approximate surface area is 171 Å². The fourth-order valence-electron chi connectivity index (χ4n) is 2.99. The summed E-state index contributed by atoms with van der Waals surface area (Å²) in [6.07, 6.45) is 1.66. The molecule has 0 fully saturated rings. The van der Waals surface area contributed by atoms with Crippen LogP contribution in [0.1, 0.15) is 15.9 Å². The molecule has 1 heterocycles. The van der Waals surface area contributed by atoms with E-state index in [0.29, 0.717) is 21.8 Å². The number of hydrogen-bond donors (Lipinski definition) is 1. The van der Waals surface area contributed by atoms with Crippen LogP contribution in [-0.2, 0) is 4.79 Å². The summed E-state index contributed by atoms with van der Waals surface area (Å²) in [6, 6.07) is 18.1. The molecule has 0 saturated carbocycles. The summed E-state index contributed by atoms with van der Waals surface area (Å²) < 4.78 is 11.0. The minimum atomic E-state index is -0.478. The lowest BCUT2D eigenvalue weighted by molar-refractivity contribution is -0.113. The summed E-state index contributed by atoms with van der Waals surface area (Å²) in [5.41, 5.74) is 6.74. The lowest BCUT2D eigenvalue weighted by Gasteiger charge is -2.11. The Kier molecular flexibility index (Phi) is 5.05. The van der Waals surface area contributed by atoms with Crippen molar-refractivity contribution in [1.82, 2.24) is 0 Å². The Balaban J connectivity index is 1.61. The normalized spacial score (nSPS) is 14.9. The van der Waals surface area contributed by atoms with E-state index in [0.717, 1.165) is 22.5 Å². The highest BCUT2D eigenvalue weighted by Gasteiger charge is 2.20. The van der Waals surface area contributed by atoms with Crippen molar-refractivity contribution in [1.29, 1.82) is 0 Å². The first kappa shape index (κ1) is 18.8. The highest BCUT2D eigenvalue weighted by Crippen LogP contribution is 2.32. The molecule has 0 aliphatic carbocycles. The van der Waals surface area contributed by atoms with Crippen molar-refractivity contribution in [3.63, 3.8) is 0 Å². The number of carbonyl (C=O) groups is 2. The SMILES string of the molecule is COc1cc(/C=C2\SC(N)=NC2=O)ccc1OC(=O)c1cccc2ccccc12. The maximum atomic E-state index is 12.8. The van der Waals surface area contributed by atoms with Crippen LogP contribution in [0.4, 0.5) is 0 Å². The molecule has 0 saturated heterocycles. The summed E-state index contributed by atoms with van der Waals surface area (Å²) in [7, 11) is 1.48. The molecule has 7 heteroatoms. The molecule has 2 N–H and O–H groups in total. The number of carbonyl (C=O) groups excluding carboxylic acids is 2. The average molecular weight is 404 g/mol. The number of rotatable bonds is 4. The van der Waals surface area contributed by atoms with Crippen LogP contribution in [0.2, 0.25) is 0 Å². The van der Waals surface area contributed by atoms with E-state index in [2.05, 4.69) is 4.99 Å². The van der Waals surface area contributed by atoms with E-state index >= 15 is 0 Å². The molecule has 1 aliphatic rings. The minimum absolute atomic E-state index is 0.217. The molecule has 4 rings (SSSR count). The van der Waals surface area contributed by atoms with Crippen molar-refractivity contribution < 1.29 is 19.1 Å². The maximum absolute atomic E-state index is 12.8. The van der Waals surface area contributed by atoms with Crippen molar-refractivity contribution in [2.45, 2.75) is 0 Å². The van der Waals surface area contributed by atoms with Gasteiger partial charge in [-0.1, -0.05) is 42.5 Å². The van der Waals surface area contributed by atoms with Crippen LogP contribution >= 0.6 is 11.8 Å². The highest BCUT2D eigenvalue weighted by atomic mass is 32.2. The number of thioether (sulfide) groups is 1. The van der Waals surface area contributed by atoms with Gasteiger partial charge in [0.2, 0.25) is 0 Å². The Morgan fingerprint density at radius 1 is 1.07 bits per heavy atom. The van der Waals surface area contributed by atoms with Gasteiger partial charge in [-0.2, -0.15) is 4.99 Å². The molecule has 29 heavy (non-hydrogen) atoms. The van der Waals surface area contributed by atoms with E-state index in [1.807, 2.05) is 36.4 Å². The zero-order valence-electron chi connectivity index (χ0n) is 15.4. The molecule has 1 aliphatic heterocycles. The zero-order chi connectivity index (χ0) is 20.4.